The van der Waals surface area contributed by atoms with E-state index in [1.165, 1.54) is 16.2 Å². The zero-order chi connectivity index (χ0) is 22.4. The largest absolute Gasteiger partial charge is 0.356 e. The van der Waals surface area contributed by atoms with Crippen molar-refractivity contribution < 1.29 is 24.0 Å². The summed E-state index contributed by atoms with van der Waals surface area (Å²) >= 11 is 1.42. The summed E-state index contributed by atoms with van der Waals surface area (Å²) in [4.78, 5) is 63.6. The molecule has 1 saturated heterocycles. The van der Waals surface area contributed by atoms with Crippen LogP contribution in [-0.4, -0.2) is 52.9 Å². The van der Waals surface area contributed by atoms with Crippen LogP contribution in [-0.2, 0) is 14.4 Å². The summed E-state index contributed by atoms with van der Waals surface area (Å²) in [6.07, 6.45) is 4.19. The van der Waals surface area contributed by atoms with Crippen molar-refractivity contribution in [3.8, 4) is 0 Å². The minimum absolute atomic E-state index is 0.0456. The van der Waals surface area contributed by atoms with E-state index < -0.39 is 5.54 Å². The molecule has 1 aliphatic heterocycles. The Kier molecular flexibility index (Phi) is 7.59. The number of urea groups is 1. The van der Waals surface area contributed by atoms with Gasteiger partial charge in [-0.15, -0.1) is 11.3 Å². The smallest absolute Gasteiger partial charge is 0.325 e. The Balaban J connectivity index is 1.28. The third-order valence-electron chi connectivity index (χ3n) is 5.86. The van der Waals surface area contributed by atoms with E-state index in [-0.39, 0.29) is 61.6 Å². The molecule has 1 aromatic heterocycles. The first-order valence-corrected chi connectivity index (χ1v) is 11.6. The highest BCUT2D eigenvalue weighted by Gasteiger charge is 2.51. The maximum atomic E-state index is 12.5. The van der Waals surface area contributed by atoms with Gasteiger partial charge in [0.25, 0.3) is 5.91 Å². The molecule has 2 fully saturated rings. The highest BCUT2D eigenvalue weighted by molar-refractivity contribution is 7.14. The van der Waals surface area contributed by atoms with Crippen LogP contribution in [0.2, 0.25) is 0 Å². The highest BCUT2D eigenvalue weighted by Crippen LogP contribution is 2.34. The lowest BCUT2D eigenvalue weighted by Crippen LogP contribution is -2.44. The summed E-state index contributed by atoms with van der Waals surface area (Å²) in [7, 11) is 0. The van der Waals surface area contributed by atoms with Crippen LogP contribution in [0, 0.1) is 6.92 Å². The van der Waals surface area contributed by atoms with Crippen LogP contribution in [0.15, 0.2) is 12.1 Å². The number of Topliss-reactive ketones (excluding diaryl/α,β-unsaturated/α-hetero) is 2. The van der Waals surface area contributed by atoms with Gasteiger partial charge in [0.15, 0.2) is 5.78 Å². The van der Waals surface area contributed by atoms with Crippen molar-refractivity contribution in [2.75, 3.05) is 13.1 Å². The SMILES string of the molecule is Cc1ccc(C(=O)CCC(=O)CCC(=O)NCCCN2C(=O)NC3(CCCC3)C2=O)s1. The van der Waals surface area contributed by atoms with E-state index in [2.05, 4.69) is 10.6 Å². The lowest BCUT2D eigenvalue weighted by molar-refractivity contribution is -0.131. The maximum absolute atomic E-state index is 12.5. The summed E-state index contributed by atoms with van der Waals surface area (Å²) in [5, 5.41) is 5.55. The molecule has 1 aliphatic carbocycles. The predicted molar refractivity (Wildman–Crippen MR) is 116 cm³/mol. The van der Waals surface area contributed by atoms with E-state index in [9.17, 15) is 24.0 Å². The number of imide groups is 1. The minimum Gasteiger partial charge on any atom is -0.356 e. The van der Waals surface area contributed by atoms with Crippen molar-refractivity contribution in [3.63, 3.8) is 0 Å². The van der Waals surface area contributed by atoms with Crippen LogP contribution in [0.3, 0.4) is 0 Å². The molecule has 2 N–H and O–H groups in total. The molecule has 0 bridgehead atoms. The lowest BCUT2D eigenvalue weighted by atomic mass is 9.98. The summed E-state index contributed by atoms with van der Waals surface area (Å²) in [6.45, 7) is 2.51. The van der Waals surface area contributed by atoms with Gasteiger partial charge >= 0.3 is 6.03 Å². The van der Waals surface area contributed by atoms with Gasteiger partial charge in [-0.05, 0) is 38.3 Å². The van der Waals surface area contributed by atoms with E-state index in [1.54, 1.807) is 6.07 Å². The Morgan fingerprint density at radius 3 is 2.48 bits per heavy atom. The number of hydrogen-bond acceptors (Lipinski definition) is 6. The summed E-state index contributed by atoms with van der Waals surface area (Å²) in [6, 6.07) is 3.30. The molecule has 0 aromatic carbocycles. The minimum atomic E-state index is -0.704. The molecule has 168 valence electrons. The van der Waals surface area contributed by atoms with Crippen LogP contribution >= 0.6 is 11.3 Å². The third-order valence-corrected chi connectivity index (χ3v) is 6.90. The van der Waals surface area contributed by atoms with Crippen molar-refractivity contribution in [1.82, 2.24) is 15.5 Å². The Hall–Kier alpha value is -2.55. The standard InChI is InChI=1S/C22H29N3O5S/c1-15-5-9-18(31-15)17(27)8-6-16(26)7-10-19(28)23-13-4-14-25-20(29)22(24-21(25)30)11-2-3-12-22/h5,9H,2-4,6-8,10-14H2,1H3,(H,23,28)(H,24,30). The Labute approximate surface area is 185 Å². The van der Waals surface area contributed by atoms with Crippen LogP contribution in [0.4, 0.5) is 4.79 Å². The number of nitrogens with zero attached hydrogens (tertiary/aromatic N) is 1. The number of rotatable bonds is 11. The Morgan fingerprint density at radius 2 is 1.81 bits per heavy atom. The average molecular weight is 448 g/mol. The molecule has 0 atom stereocenters. The second-order valence-corrected chi connectivity index (χ2v) is 9.54. The van der Waals surface area contributed by atoms with Crippen molar-refractivity contribution in [2.24, 2.45) is 0 Å². The molecule has 9 heteroatoms. The van der Waals surface area contributed by atoms with Crippen LogP contribution in [0.1, 0.15) is 72.3 Å². The number of nitrogens with one attached hydrogen (secondary N) is 2. The molecular formula is C22H29N3O5S. The highest BCUT2D eigenvalue weighted by atomic mass is 32.1. The zero-order valence-corrected chi connectivity index (χ0v) is 18.6. The molecule has 0 unspecified atom stereocenters. The van der Waals surface area contributed by atoms with E-state index >= 15 is 0 Å². The van der Waals surface area contributed by atoms with Gasteiger partial charge in [0.2, 0.25) is 5.91 Å². The zero-order valence-electron chi connectivity index (χ0n) is 17.8. The first-order valence-electron chi connectivity index (χ1n) is 10.8. The van der Waals surface area contributed by atoms with Crippen molar-refractivity contribution in [2.45, 2.75) is 70.3 Å². The number of aryl methyl sites for hydroxylation is 1. The van der Waals surface area contributed by atoms with E-state index in [0.29, 0.717) is 30.7 Å². The van der Waals surface area contributed by atoms with Crippen molar-refractivity contribution in [3.05, 3.63) is 21.9 Å². The average Bonchev–Trinajstić information content (AvgIpc) is 3.44. The molecule has 0 radical (unpaired) electrons. The van der Waals surface area contributed by atoms with E-state index in [0.717, 1.165) is 17.7 Å². The lowest BCUT2D eigenvalue weighted by Gasteiger charge is -2.20. The second kappa shape index (κ2) is 10.2. The molecule has 3 rings (SSSR count). The van der Waals surface area contributed by atoms with E-state index in [1.807, 2.05) is 13.0 Å². The number of carbonyl (C=O) groups is 5. The fraction of sp³-hybridized carbons (Fsp3) is 0.591. The number of amides is 4. The first kappa shape index (κ1) is 23.1. The quantitative estimate of drug-likeness (QED) is 0.308. The summed E-state index contributed by atoms with van der Waals surface area (Å²) < 4.78 is 0. The van der Waals surface area contributed by atoms with Crippen LogP contribution in [0.5, 0.6) is 0 Å². The van der Waals surface area contributed by atoms with Gasteiger partial charge in [-0.25, -0.2) is 4.79 Å². The Morgan fingerprint density at radius 1 is 1.10 bits per heavy atom. The summed E-state index contributed by atoms with van der Waals surface area (Å²) in [5.74, 6) is -0.564. The second-order valence-electron chi connectivity index (χ2n) is 8.25. The van der Waals surface area contributed by atoms with Gasteiger partial charge in [0, 0.05) is 43.6 Å². The Bertz CT molecular complexity index is 872. The van der Waals surface area contributed by atoms with Gasteiger partial charge in [0.1, 0.15) is 11.3 Å². The number of carbonyl (C=O) groups excluding carboxylic acids is 5. The number of thiophene rings is 1. The molecule has 8 nitrogen and oxygen atoms in total. The summed E-state index contributed by atoms with van der Waals surface area (Å²) in [5.41, 5.74) is -0.704. The molecular weight excluding hydrogens is 418 g/mol. The van der Waals surface area contributed by atoms with Gasteiger partial charge in [-0.1, -0.05) is 12.8 Å². The van der Waals surface area contributed by atoms with Gasteiger partial charge < -0.3 is 10.6 Å². The normalized spacial score (nSPS) is 17.3. The van der Waals surface area contributed by atoms with Gasteiger partial charge in [0.05, 0.1) is 4.88 Å². The van der Waals surface area contributed by atoms with E-state index in [4.69, 9.17) is 0 Å². The van der Waals surface area contributed by atoms with Crippen molar-refractivity contribution in [1.29, 1.82) is 0 Å². The first-order chi connectivity index (χ1) is 14.8. The molecule has 1 saturated carbocycles. The molecule has 31 heavy (non-hydrogen) atoms. The predicted octanol–water partition coefficient (Wildman–Crippen LogP) is 2.74. The maximum Gasteiger partial charge on any atom is 0.325 e. The fourth-order valence-electron chi connectivity index (χ4n) is 4.09. The van der Waals surface area contributed by atoms with Crippen molar-refractivity contribution >= 4 is 40.7 Å². The molecule has 1 aromatic rings. The molecule has 2 aliphatic rings. The monoisotopic (exact) mass is 447 g/mol. The molecule has 1 spiro atoms. The van der Waals surface area contributed by atoms with Crippen LogP contribution in [0.25, 0.3) is 0 Å². The number of hydrogen-bond donors (Lipinski definition) is 2. The van der Waals surface area contributed by atoms with Gasteiger partial charge in [-0.3, -0.25) is 24.1 Å². The third kappa shape index (κ3) is 5.78. The topological polar surface area (TPSA) is 113 Å². The fourth-order valence-corrected chi connectivity index (χ4v) is 4.92. The van der Waals surface area contributed by atoms with Gasteiger partial charge in [-0.2, -0.15) is 0 Å². The molecule has 4 amide bonds. The van der Waals surface area contributed by atoms with Crippen LogP contribution < -0.4 is 10.6 Å². The number of ketones is 2. The molecule has 2 heterocycles.